The number of hydrogen-bond donors (Lipinski definition) is 0. The zero-order chi connectivity index (χ0) is 26.1. The summed E-state index contributed by atoms with van der Waals surface area (Å²) in [7, 11) is 2.26. The molecule has 2 aromatic rings. The molecule has 4 atom stereocenters. The predicted molar refractivity (Wildman–Crippen MR) is 154 cm³/mol. The topological polar surface area (TPSA) is 30.9 Å². The van der Waals surface area contributed by atoms with Crippen molar-refractivity contribution in [3.63, 3.8) is 0 Å². The Morgan fingerprint density at radius 2 is 1.19 bits per heavy atom. The van der Waals surface area contributed by atoms with Crippen molar-refractivity contribution < 1.29 is 14.2 Å². The van der Waals surface area contributed by atoms with Crippen molar-refractivity contribution in [2.75, 3.05) is 20.2 Å². The molecule has 0 spiro atoms. The van der Waals surface area contributed by atoms with Gasteiger partial charge in [0.2, 0.25) is 0 Å². The molecule has 0 heterocycles. The van der Waals surface area contributed by atoms with Crippen LogP contribution in [-0.2, 0) is 27.4 Å². The van der Waals surface area contributed by atoms with E-state index in [1.165, 1.54) is 62.5 Å². The zero-order valence-corrected chi connectivity index (χ0v) is 23.7. The Morgan fingerprint density at radius 1 is 0.649 bits per heavy atom. The summed E-state index contributed by atoms with van der Waals surface area (Å²) in [6, 6.07) is 21.2. The largest absolute Gasteiger partial charge is 0.374 e. The fraction of sp³-hybridized carbons (Fsp3) is 0.636. The molecule has 4 nitrogen and oxygen atoms in total. The third-order valence-electron chi connectivity index (χ3n) is 7.59. The smallest absolute Gasteiger partial charge is 0.102 e. The van der Waals surface area contributed by atoms with Crippen LogP contribution in [0.5, 0.6) is 0 Å². The molecule has 206 valence electrons. The molecular formula is C33H51NO3. The number of ether oxygens (including phenoxy) is 3. The molecule has 0 N–H and O–H groups in total. The van der Waals surface area contributed by atoms with Crippen LogP contribution >= 0.6 is 0 Å². The predicted octanol–water partition coefficient (Wildman–Crippen LogP) is 7.80. The first-order valence-corrected chi connectivity index (χ1v) is 14.9. The van der Waals surface area contributed by atoms with Crippen LogP contribution in [0, 0.1) is 0 Å². The molecule has 3 rings (SSSR count). The van der Waals surface area contributed by atoms with Crippen molar-refractivity contribution in [1.82, 2.24) is 4.90 Å². The molecule has 0 unspecified atom stereocenters. The maximum Gasteiger partial charge on any atom is 0.102 e. The second-order valence-corrected chi connectivity index (χ2v) is 10.7. The number of rotatable bonds is 19. The van der Waals surface area contributed by atoms with Gasteiger partial charge in [0.05, 0.1) is 31.5 Å². The highest BCUT2D eigenvalue weighted by atomic mass is 16.6. The number of unbranched alkanes of at least 4 members (excludes halogenated alkanes) is 7. The second kappa shape index (κ2) is 17.7. The van der Waals surface area contributed by atoms with Gasteiger partial charge in [-0.05, 0) is 37.6 Å². The van der Waals surface area contributed by atoms with Gasteiger partial charge < -0.3 is 14.2 Å². The summed E-state index contributed by atoms with van der Waals surface area (Å²) in [5.41, 5.74) is 2.42. The third kappa shape index (κ3) is 10.5. The molecule has 0 aromatic heterocycles. The summed E-state index contributed by atoms with van der Waals surface area (Å²) >= 11 is 0. The molecule has 4 heteroatoms. The fourth-order valence-electron chi connectivity index (χ4n) is 5.42. The minimum Gasteiger partial charge on any atom is -0.374 e. The molecule has 0 aliphatic heterocycles. The Bertz CT molecular complexity index is 815. The van der Waals surface area contributed by atoms with E-state index < -0.39 is 0 Å². The average molecular weight is 510 g/mol. The minimum absolute atomic E-state index is 0.0201. The van der Waals surface area contributed by atoms with Crippen LogP contribution in [0.15, 0.2) is 60.7 Å². The summed E-state index contributed by atoms with van der Waals surface area (Å²) in [5.74, 6) is 0. The molecule has 2 aromatic carbocycles. The normalized spacial score (nSPS) is 21.6. The first-order valence-electron chi connectivity index (χ1n) is 14.9. The summed E-state index contributed by atoms with van der Waals surface area (Å²) in [4.78, 5) is 2.50. The van der Waals surface area contributed by atoms with Gasteiger partial charge in [-0.25, -0.2) is 0 Å². The highest BCUT2D eigenvalue weighted by Gasteiger charge is 2.47. The molecule has 0 amide bonds. The summed E-state index contributed by atoms with van der Waals surface area (Å²) in [5, 5.41) is 0. The van der Waals surface area contributed by atoms with Crippen molar-refractivity contribution >= 4 is 0 Å². The summed E-state index contributed by atoms with van der Waals surface area (Å²) < 4.78 is 19.9. The summed E-state index contributed by atoms with van der Waals surface area (Å²) in [6.07, 6.45) is 12.3. The lowest BCUT2D eigenvalue weighted by molar-refractivity contribution is -0.0898. The number of nitrogens with zero attached hydrogens (tertiary/aromatic N) is 1. The van der Waals surface area contributed by atoms with Gasteiger partial charge in [-0.3, -0.25) is 4.90 Å². The Kier molecular flexibility index (Phi) is 14.3. The van der Waals surface area contributed by atoms with Crippen molar-refractivity contribution in [1.29, 1.82) is 0 Å². The van der Waals surface area contributed by atoms with Crippen LogP contribution in [0.3, 0.4) is 0 Å². The van der Waals surface area contributed by atoms with Crippen LogP contribution in [0.4, 0.5) is 0 Å². The van der Waals surface area contributed by atoms with E-state index in [1.54, 1.807) is 0 Å². The van der Waals surface area contributed by atoms with Gasteiger partial charge in [0.1, 0.15) is 6.10 Å². The van der Waals surface area contributed by atoms with Crippen LogP contribution in [0.25, 0.3) is 0 Å². The molecular weight excluding hydrogens is 458 g/mol. The average Bonchev–Trinajstić information content (AvgIpc) is 3.28. The highest BCUT2D eigenvalue weighted by molar-refractivity contribution is 5.15. The first kappa shape index (κ1) is 29.8. The number of benzene rings is 2. The Balaban J connectivity index is 1.70. The minimum atomic E-state index is 0.0201. The standard InChI is InChI=1S/C33H51NO3/c1-4-6-8-10-17-23-34(3)32-30(36-26-28-19-13-11-14-20-28)25-31(33(32)35-24-18-9-7-5-2)37-27-29-21-15-12-16-22-29/h11-16,19-22,30-33H,4-10,17-18,23-27H2,1-3H3/t30-,31+,32+,33+/m1/s1. The first-order chi connectivity index (χ1) is 18.2. The third-order valence-corrected chi connectivity index (χ3v) is 7.59. The maximum atomic E-state index is 6.66. The van der Waals surface area contributed by atoms with Gasteiger partial charge in [0, 0.05) is 13.0 Å². The van der Waals surface area contributed by atoms with E-state index in [0.29, 0.717) is 13.2 Å². The fourth-order valence-corrected chi connectivity index (χ4v) is 5.42. The maximum absolute atomic E-state index is 6.66. The Labute approximate surface area is 226 Å². The van der Waals surface area contributed by atoms with E-state index in [-0.39, 0.29) is 24.4 Å². The van der Waals surface area contributed by atoms with E-state index in [4.69, 9.17) is 14.2 Å². The molecule has 0 radical (unpaired) electrons. The van der Waals surface area contributed by atoms with Crippen molar-refractivity contribution in [3.8, 4) is 0 Å². The second-order valence-electron chi connectivity index (χ2n) is 10.7. The van der Waals surface area contributed by atoms with E-state index in [0.717, 1.165) is 26.0 Å². The van der Waals surface area contributed by atoms with Crippen molar-refractivity contribution in [2.45, 2.75) is 116 Å². The monoisotopic (exact) mass is 509 g/mol. The van der Waals surface area contributed by atoms with Crippen molar-refractivity contribution in [3.05, 3.63) is 71.8 Å². The van der Waals surface area contributed by atoms with Crippen LogP contribution in [0.2, 0.25) is 0 Å². The lowest BCUT2D eigenvalue weighted by Crippen LogP contribution is -2.48. The molecule has 1 saturated carbocycles. The van der Waals surface area contributed by atoms with Gasteiger partial charge in [-0.1, -0.05) is 119 Å². The van der Waals surface area contributed by atoms with Crippen LogP contribution in [0.1, 0.15) is 89.2 Å². The lowest BCUT2D eigenvalue weighted by Gasteiger charge is -2.34. The molecule has 0 saturated heterocycles. The van der Waals surface area contributed by atoms with Crippen LogP contribution in [-0.4, -0.2) is 49.5 Å². The van der Waals surface area contributed by atoms with Gasteiger partial charge in [0.25, 0.3) is 0 Å². The summed E-state index contributed by atoms with van der Waals surface area (Å²) in [6.45, 7) is 7.63. The van der Waals surface area contributed by atoms with Crippen LogP contribution < -0.4 is 0 Å². The zero-order valence-electron chi connectivity index (χ0n) is 23.7. The van der Waals surface area contributed by atoms with Gasteiger partial charge in [-0.15, -0.1) is 0 Å². The van der Waals surface area contributed by atoms with Gasteiger partial charge >= 0.3 is 0 Å². The van der Waals surface area contributed by atoms with Gasteiger partial charge in [0.15, 0.2) is 0 Å². The Morgan fingerprint density at radius 3 is 1.78 bits per heavy atom. The molecule has 1 fully saturated rings. The SMILES string of the molecule is CCCCCCCN(C)[C@@H]1[C@@H](OCCCCCC)[C@@H](OCc2ccccc2)C[C@H]1OCc1ccccc1. The highest BCUT2D eigenvalue weighted by Crippen LogP contribution is 2.33. The quantitative estimate of drug-likeness (QED) is 0.181. The Hall–Kier alpha value is -1.72. The molecule has 37 heavy (non-hydrogen) atoms. The van der Waals surface area contributed by atoms with E-state index in [1.807, 2.05) is 0 Å². The molecule has 1 aliphatic rings. The van der Waals surface area contributed by atoms with Crippen molar-refractivity contribution in [2.24, 2.45) is 0 Å². The lowest BCUT2D eigenvalue weighted by atomic mass is 10.1. The van der Waals surface area contributed by atoms with E-state index in [2.05, 4.69) is 86.5 Å². The van der Waals surface area contributed by atoms with Gasteiger partial charge in [-0.2, -0.15) is 0 Å². The molecule has 1 aliphatic carbocycles. The van der Waals surface area contributed by atoms with E-state index >= 15 is 0 Å². The van der Waals surface area contributed by atoms with E-state index in [9.17, 15) is 0 Å². The number of likely N-dealkylation sites (N-methyl/N-ethyl adjacent to an activating group) is 1. The molecule has 0 bridgehead atoms. The number of hydrogen-bond acceptors (Lipinski definition) is 4.